The van der Waals surface area contributed by atoms with Crippen molar-refractivity contribution in [1.29, 1.82) is 0 Å². The highest BCUT2D eigenvalue weighted by Crippen LogP contribution is 2.25. The summed E-state index contributed by atoms with van der Waals surface area (Å²) < 4.78 is 0.961. The number of pyridine rings is 1. The van der Waals surface area contributed by atoms with Crippen molar-refractivity contribution in [2.75, 3.05) is 0 Å². The molecule has 0 radical (unpaired) electrons. The highest BCUT2D eigenvalue weighted by molar-refractivity contribution is 9.10. The topological polar surface area (TPSA) is 30.0 Å². The van der Waals surface area contributed by atoms with Crippen LogP contribution in [-0.4, -0.2) is 10.8 Å². The zero-order chi connectivity index (χ0) is 12.8. The first-order valence-corrected chi connectivity index (χ1v) is 7.65. The van der Waals surface area contributed by atoms with Crippen molar-refractivity contribution >= 4 is 21.7 Å². The fourth-order valence-corrected chi connectivity index (χ4v) is 2.91. The molecule has 0 N–H and O–H groups in total. The van der Waals surface area contributed by atoms with Gasteiger partial charge >= 0.3 is 0 Å². The van der Waals surface area contributed by atoms with Crippen molar-refractivity contribution in [1.82, 2.24) is 4.98 Å². The van der Waals surface area contributed by atoms with Crippen molar-refractivity contribution in [2.45, 2.75) is 51.4 Å². The molecule has 1 aliphatic rings. The van der Waals surface area contributed by atoms with Crippen molar-refractivity contribution in [3.05, 3.63) is 28.5 Å². The molecule has 1 aromatic rings. The number of Topliss-reactive ketones (excluding diaryl/α,β-unsaturated/α-hetero) is 1. The Morgan fingerprint density at radius 1 is 1.22 bits per heavy atom. The minimum absolute atomic E-state index is 0.344. The van der Waals surface area contributed by atoms with Crippen LogP contribution in [-0.2, 0) is 11.2 Å². The second kappa shape index (κ2) is 7.03. The van der Waals surface area contributed by atoms with Gasteiger partial charge in [-0.05, 0) is 34.0 Å². The molecule has 98 valence electrons. The molecular weight excluding hydrogens is 290 g/mol. The van der Waals surface area contributed by atoms with Gasteiger partial charge in [0.05, 0.1) is 0 Å². The third kappa shape index (κ3) is 4.52. The maximum atomic E-state index is 12.0. The van der Waals surface area contributed by atoms with Crippen LogP contribution in [0.25, 0.3) is 0 Å². The zero-order valence-electron chi connectivity index (χ0n) is 10.7. The fourth-order valence-electron chi connectivity index (χ4n) is 2.68. The van der Waals surface area contributed by atoms with E-state index in [9.17, 15) is 4.79 Å². The van der Waals surface area contributed by atoms with Crippen molar-refractivity contribution in [3.8, 4) is 0 Å². The zero-order valence-corrected chi connectivity index (χ0v) is 12.3. The Morgan fingerprint density at radius 2 is 1.94 bits per heavy atom. The summed E-state index contributed by atoms with van der Waals surface area (Å²) in [7, 11) is 0. The number of hydrogen-bond acceptors (Lipinski definition) is 2. The summed E-state index contributed by atoms with van der Waals surface area (Å²) in [4.78, 5) is 16.3. The number of hydrogen-bond donors (Lipinski definition) is 0. The van der Waals surface area contributed by atoms with E-state index >= 15 is 0 Å². The second-order valence-electron chi connectivity index (χ2n) is 5.24. The minimum atomic E-state index is 0.344. The van der Waals surface area contributed by atoms with Gasteiger partial charge in [-0.3, -0.25) is 9.78 Å². The van der Waals surface area contributed by atoms with Crippen LogP contribution in [0.2, 0.25) is 0 Å². The predicted molar refractivity (Wildman–Crippen MR) is 76.5 cm³/mol. The van der Waals surface area contributed by atoms with Gasteiger partial charge in [0.15, 0.2) is 0 Å². The summed E-state index contributed by atoms with van der Waals surface area (Å²) in [5.41, 5.74) is 0.886. The maximum absolute atomic E-state index is 12.0. The molecule has 2 nitrogen and oxygen atoms in total. The first-order valence-electron chi connectivity index (χ1n) is 6.86. The summed E-state index contributed by atoms with van der Waals surface area (Å²) in [6.45, 7) is 0. The SMILES string of the molecule is O=C(Cc1ccc(Br)cn1)CC1CCCCCC1. The van der Waals surface area contributed by atoms with Crippen LogP contribution in [0.1, 0.15) is 50.6 Å². The molecular formula is C15H20BrNO. The quantitative estimate of drug-likeness (QED) is 0.775. The predicted octanol–water partition coefficient (Wildman–Crippen LogP) is 4.32. The lowest BCUT2D eigenvalue weighted by Gasteiger charge is -2.12. The van der Waals surface area contributed by atoms with Gasteiger partial charge in [-0.1, -0.05) is 38.5 Å². The van der Waals surface area contributed by atoms with E-state index in [4.69, 9.17) is 0 Å². The van der Waals surface area contributed by atoms with Crippen molar-refractivity contribution < 1.29 is 4.79 Å². The van der Waals surface area contributed by atoms with Crippen LogP contribution < -0.4 is 0 Å². The highest BCUT2D eigenvalue weighted by Gasteiger charge is 2.16. The number of halogens is 1. The average Bonchev–Trinajstić information content (AvgIpc) is 2.61. The van der Waals surface area contributed by atoms with Crippen LogP contribution in [0.15, 0.2) is 22.8 Å². The molecule has 18 heavy (non-hydrogen) atoms. The molecule has 0 unspecified atom stereocenters. The van der Waals surface area contributed by atoms with Crippen LogP contribution >= 0.6 is 15.9 Å². The Balaban J connectivity index is 1.82. The third-order valence-corrected chi connectivity index (χ3v) is 4.13. The molecule has 0 bridgehead atoms. The van der Waals surface area contributed by atoms with Crippen LogP contribution in [0, 0.1) is 5.92 Å². The summed E-state index contributed by atoms with van der Waals surface area (Å²) in [6, 6.07) is 3.87. The van der Waals surface area contributed by atoms with Gasteiger partial charge in [-0.25, -0.2) is 0 Å². The number of aromatic nitrogens is 1. The van der Waals surface area contributed by atoms with Gasteiger partial charge in [-0.15, -0.1) is 0 Å². The number of carbonyl (C=O) groups is 1. The van der Waals surface area contributed by atoms with Gasteiger partial charge in [0, 0.05) is 29.2 Å². The first kappa shape index (κ1) is 13.7. The molecule has 1 heterocycles. The normalized spacial score (nSPS) is 17.4. The Bertz CT molecular complexity index is 380. The van der Waals surface area contributed by atoms with Crippen molar-refractivity contribution in [2.24, 2.45) is 5.92 Å². The molecule has 0 aromatic carbocycles. The molecule has 3 heteroatoms. The Labute approximate surface area is 117 Å². The Kier molecular flexibility index (Phi) is 5.36. The number of rotatable bonds is 4. The third-order valence-electron chi connectivity index (χ3n) is 3.66. The first-order chi connectivity index (χ1) is 8.74. The van der Waals surface area contributed by atoms with Gasteiger partial charge in [0.1, 0.15) is 5.78 Å². The molecule has 0 atom stereocenters. The number of carbonyl (C=O) groups excluding carboxylic acids is 1. The van der Waals surface area contributed by atoms with Crippen molar-refractivity contribution in [3.63, 3.8) is 0 Å². The molecule has 1 fully saturated rings. The second-order valence-corrected chi connectivity index (χ2v) is 6.16. The fraction of sp³-hybridized carbons (Fsp3) is 0.600. The minimum Gasteiger partial charge on any atom is -0.299 e. The molecule has 1 saturated carbocycles. The van der Waals surface area contributed by atoms with Crippen LogP contribution in [0.4, 0.5) is 0 Å². The van der Waals surface area contributed by atoms with E-state index in [1.165, 1.54) is 38.5 Å². The molecule has 0 saturated heterocycles. The van der Waals surface area contributed by atoms with Gasteiger partial charge in [0.25, 0.3) is 0 Å². The van der Waals surface area contributed by atoms with E-state index in [1.54, 1.807) is 6.20 Å². The lowest BCUT2D eigenvalue weighted by molar-refractivity contribution is -0.119. The van der Waals surface area contributed by atoms with E-state index in [0.29, 0.717) is 18.1 Å². The average molecular weight is 310 g/mol. The van der Waals surface area contributed by atoms with Gasteiger partial charge in [-0.2, -0.15) is 0 Å². The standard InChI is InChI=1S/C15H20BrNO/c16-13-7-8-14(17-11-13)10-15(18)9-12-5-3-1-2-4-6-12/h7-8,11-12H,1-6,9-10H2. The van der Waals surface area contributed by atoms with E-state index in [-0.39, 0.29) is 0 Å². The van der Waals surface area contributed by atoms with E-state index in [0.717, 1.165) is 16.6 Å². The number of ketones is 1. The molecule has 0 amide bonds. The van der Waals surface area contributed by atoms with E-state index in [1.807, 2.05) is 12.1 Å². The molecule has 0 aliphatic heterocycles. The van der Waals surface area contributed by atoms with Gasteiger partial charge < -0.3 is 0 Å². The molecule has 1 aromatic heterocycles. The summed E-state index contributed by atoms with van der Waals surface area (Å²) >= 11 is 3.35. The van der Waals surface area contributed by atoms with Crippen LogP contribution in [0.3, 0.4) is 0 Å². The highest BCUT2D eigenvalue weighted by atomic mass is 79.9. The monoisotopic (exact) mass is 309 g/mol. The lowest BCUT2D eigenvalue weighted by Crippen LogP contribution is -2.11. The van der Waals surface area contributed by atoms with E-state index in [2.05, 4.69) is 20.9 Å². The number of nitrogens with zero attached hydrogens (tertiary/aromatic N) is 1. The van der Waals surface area contributed by atoms with Crippen LogP contribution in [0.5, 0.6) is 0 Å². The van der Waals surface area contributed by atoms with Gasteiger partial charge in [0.2, 0.25) is 0 Å². The Hall–Kier alpha value is -0.700. The molecule has 2 rings (SSSR count). The van der Waals surface area contributed by atoms with E-state index < -0.39 is 0 Å². The largest absolute Gasteiger partial charge is 0.299 e. The lowest BCUT2D eigenvalue weighted by atomic mass is 9.93. The Morgan fingerprint density at radius 3 is 2.56 bits per heavy atom. The summed E-state index contributed by atoms with van der Waals surface area (Å²) in [5.74, 6) is 0.965. The summed E-state index contributed by atoms with van der Waals surface area (Å²) in [6.07, 6.45) is 10.8. The summed E-state index contributed by atoms with van der Waals surface area (Å²) in [5, 5.41) is 0. The smallest absolute Gasteiger partial charge is 0.139 e. The maximum Gasteiger partial charge on any atom is 0.139 e. The molecule has 0 spiro atoms. The molecule has 1 aliphatic carbocycles.